The lowest BCUT2D eigenvalue weighted by Gasteiger charge is -2.20. The van der Waals surface area contributed by atoms with Gasteiger partial charge in [0.1, 0.15) is 11.3 Å². The lowest BCUT2D eigenvalue weighted by Crippen LogP contribution is -2.41. The van der Waals surface area contributed by atoms with Crippen molar-refractivity contribution in [1.29, 1.82) is 5.53 Å². The zero-order valence-electron chi connectivity index (χ0n) is 17.2. The number of aryl methyl sites for hydroxylation is 1. The summed E-state index contributed by atoms with van der Waals surface area (Å²) in [4.78, 5) is 17.8. The fraction of sp³-hybridized carbons (Fsp3) is 0.250. The highest BCUT2D eigenvalue weighted by Crippen LogP contribution is 2.37. The Morgan fingerprint density at radius 3 is 2.21 bits per heavy atom. The minimum Gasteiger partial charge on any atom is -0.426 e. The topological polar surface area (TPSA) is 105 Å². The molecule has 2 rings (SSSR count). The van der Waals surface area contributed by atoms with Gasteiger partial charge < -0.3 is 4.74 Å². The molecular weight excluding hydrogens is 451 g/mol. The van der Waals surface area contributed by atoms with Crippen LogP contribution in [-0.2, 0) is 11.2 Å². The molecule has 174 valence electrons. The first-order chi connectivity index (χ1) is 15.5. The van der Waals surface area contributed by atoms with Crippen LogP contribution in [-0.4, -0.2) is 37.8 Å². The van der Waals surface area contributed by atoms with Gasteiger partial charge in [-0.05, 0) is 43.0 Å². The first-order valence-corrected chi connectivity index (χ1v) is 9.19. The van der Waals surface area contributed by atoms with E-state index >= 15 is 0 Å². The molecule has 0 saturated heterocycles. The van der Waals surface area contributed by atoms with Gasteiger partial charge >= 0.3 is 18.2 Å². The summed E-state index contributed by atoms with van der Waals surface area (Å²) in [5, 5.41) is 8.69. The number of aliphatic imine (C=N–C) groups is 1. The number of hydrazone groups is 1. The molecule has 0 spiro atoms. The summed E-state index contributed by atoms with van der Waals surface area (Å²) in [5.74, 6) is -0.963. The second kappa shape index (κ2) is 10.6. The van der Waals surface area contributed by atoms with Gasteiger partial charge in [0.15, 0.2) is 10.9 Å². The van der Waals surface area contributed by atoms with E-state index in [4.69, 9.17) is 5.53 Å². The van der Waals surface area contributed by atoms with Crippen molar-refractivity contribution in [1.82, 2.24) is 4.91 Å². The van der Waals surface area contributed by atoms with E-state index in [9.17, 15) is 26.7 Å². The van der Waals surface area contributed by atoms with E-state index in [0.29, 0.717) is 17.7 Å². The smallest absolute Gasteiger partial charge is 0.426 e. The number of hydrogen-bond donors (Lipinski definition) is 1. The van der Waals surface area contributed by atoms with E-state index in [1.807, 2.05) is 0 Å². The molecule has 0 fully saturated rings. The number of alkyl halides is 5. The number of nitrogens with zero attached hydrogens (tertiary/aromatic N) is 5. The quantitative estimate of drug-likeness (QED) is 0.151. The van der Waals surface area contributed by atoms with Gasteiger partial charge in [-0.3, -0.25) is 9.80 Å². The van der Waals surface area contributed by atoms with Crippen molar-refractivity contribution < 1.29 is 31.5 Å². The molecule has 13 heteroatoms. The summed E-state index contributed by atoms with van der Waals surface area (Å²) in [5.41, 5.74) is 8.30. The van der Waals surface area contributed by atoms with Crippen molar-refractivity contribution in [2.45, 2.75) is 25.1 Å². The second-order valence-corrected chi connectivity index (χ2v) is 6.51. The predicted molar refractivity (Wildman–Crippen MR) is 110 cm³/mol. The zero-order chi connectivity index (χ0) is 24.6. The number of carbonyl (C=O) groups excluding carboxylic acids is 1. The van der Waals surface area contributed by atoms with Crippen LogP contribution in [0.2, 0.25) is 0 Å². The van der Waals surface area contributed by atoms with Crippen molar-refractivity contribution in [2.75, 3.05) is 12.1 Å². The Hall–Kier alpha value is -3.99. The fourth-order valence-corrected chi connectivity index (χ4v) is 2.49. The van der Waals surface area contributed by atoms with E-state index in [-0.39, 0.29) is 12.3 Å². The molecule has 8 nitrogen and oxygen atoms in total. The van der Waals surface area contributed by atoms with E-state index in [1.54, 1.807) is 24.3 Å². The van der Waals surface area contributed by atoms with Crippen molar-refractivity contribution >= 4 is 24.1 Å². The molecule has 0 aliphatic heterocycles. The van der Waals surface area contributed by atoms with Gasteiger partial charge in [-0.1, -0.05) is 24.3 Å². The van der Waals surface area contributed by atoms with E-state index in [2.05, 4.69) is 31.6 Å². The van der Waals surface area contributed by atoms with Crippen molar-refractivity contribution in [2.24, 2.45) is 15.2 Å². The maximum atomic E-state index is 13.0. The van der Waals surface area contributed by atoms with Crippen LogP contribution in [0.3, 0.4) is 0 Å². The van der Waals surface area contributed by atoms with Gasteiger partial charge in [0.25, 0.3) is 0 Å². The lowest BCUT2D eigenvalue weighted by molar-refractivity contribution is -0.360. The highest BCUT2D eigenvalue weighted by Gasteiger charge is 2.61. The highest BCUT2D eigenvalue weighted by molar-refractivity contribution is 6.01. The monoisotopic (exact) mass is 469 g/mol. The van der Waals surface area contributed by atoms with E-state index in [1.165, 1.54) is 24.2 Å². The molecule has 0 saturated carbocycles. The number of carbonyl (C=O) groups is 1. The standard InChI is InChI=1S/C20H18F5N6O2/c1-27-18(14-6-3-13(4-7-14)5-12-17(32)28-30-26)29-31(2)15-8-10-16(11-9-15)33-20(24,25)19(21,22)23/h3-4,6-11,26H,1,5,12H2,2H3/q+1/b29-18-. The summed E-state index contributed by atoms with van der Waals surface area (Å²) >= 11 is 0. The highest BCUT2D eigenvalue weighted by atomic mass is 19.4. The predicted octanol–water partition coefficient (Wildman–Crippen LogP) is 4.73. The SMILES string of the molecule is C=N/C(=N\N(C)c1ccc(OC(F)(F)C(F)(F)F)cc1)c1ccc(CCC(=O)N=[N+]=N)cc1. The van der Waals surface area contributed by atoms with Crippen molar-refractivity contribution in [3.63, 3.8) is 0 Å². The first-order valence-electron chi connectivity index (χ1n) is 9.19. The van der Waals surface area contributed by atoms with Gasteiger partial charge in [0.2, 0.25) is 4.91 Å². The summed E-state index contributed by atoms with van der Waals surface area (Å²) in [6.45, 7) is 3.46. The Bertz CT molecular complexity index is 1060. The Balaban J connectivity index is 2.10. The van der Waals surface area contributed by atoms with Crippen LogP contribution >= 0.6 is 0 Å². The maximum absolute atomic E-state index is 13.0. The number of hydrogen-bond acceptors (Lipinski definition) is 5. The fourth-order valence-electron chi connectivity index (χ4n) is 2.49. The molecule has 1 amide bonds. The van der Waals surface area contributed by atoms with E-state index in [0.717, 1.165) is 17.7 Å². The Morgan fingerprint density at radius 2 is 1.70 bits per heavy atom. The molecule has 0 radical (unpaired) electrons. The largest absolute Gasteiger partial charge is 0.499 e. The van der Waals surface area contributed by atoms with Gasteiger partial charge in [0.05, 0.1) is 5.69 Å². The average Bonchev–Trinajstić information content (AvgIpc) is 2.76. The number of amidine groups is 1. The van der Waals surface area contributed by atoms with Crippen LogP contribution in [0.25, 0.3) is 0 Å². The van der Waals surface area contributed by atoms with E-state index < -0.39 is 23.9 Å². The number of anilines is 1. The second-order valence-electron chi connectivity index (χ2n) is 6.51. The molecule has 0 atom stereocenters. The normalized spacial score (nSPS) is 12.0. The minimum absolute atomic E-state index is 0.0970. The third-order valence-electron chi connectivity index (χ3n) is 4.18. The third-order valence-corrected chi connectivity index (χ3v) is 4.18. The van der Waals surface area contributed by atoms with Gasteiger partial charge in [-0.15, -0.1) is 0 Å². The number of ether oxygens (including phenoxy) is 1. The van der Waals surface area contributed by atoms with Crippen LogP contribution in [0, 0.1) is 5.53 Å². The summed E-state index contributed by atoms with van der Waals surface area (Å²) < 4.78 is 66.5. The number of amides is 1. The van der Waals surface area contributed by atoms with Crippen LogP contribution < -0.4 is 14.7 Å². The van der Waals surface area contributed by atoms with Gasteiger partial charge in [-0.2, -0.15) is 27.1 Å². The summed E-state index contributed by atoms with van der Waals surface area (Å²) in [6.07, 6.45) is -10.7. The third kappa shape index (κ3) is 7.01. The Morgan fingerprint density at radius 1 is 1.09 bits per heavy atom. The molecule has 2 aromatic rings. The summed E-state index contributed by atoms with van der Waals surface area (Å²) in [6, 6.07) is 11.3. The molecule has 1 N–H and O–H groups in total. The summed E-state index contributed by atoms with van der Waals surface area (Å²) in [7, 11) is 1.52. The average molecular weight is 469 g/mol. The molecule has 0 unspecified atom stereocenters. The molecule has 0 aliphatic rings. The Kier molecular flexibility index (Phi) is 8.08. The molecule has 0 aromatic heterocycles. The van der Waals surface area contributed by atoms with Crippen LogP contribution in [0.15, 0.2) is 63.7 Å². The van der Waals surface area contributed by atoms with Gasteiger partial charge in [-0.25, -0.2) is 4.99 Å². The maximum Gasteiger partial charge on any atom is 0.499 e. The van der Waals surface area contributed by atoms with Crippen LogP contribution in [0.5, 0.6) is 5.75 Å². The molecule has 0 aliphatic carbocycles. The first kappa shape index (κ1) is 25.3. The van der Waals surface area contributed by atoms with Crippen molar-refractivity contribution in [3.8, 4) is 5.75 Å². The molecule has 0 heterocycles. The minimum atomic E-state index is -5.84. The lowest BCUT2D eigenvalue weighted by atomic mass is 10.1. The molecule has 33 heavy (non-hydrogen) atoms. The number of benzene rings is 2. The molecular formula is C20H18F5N6O2+. The number of rotatable bonds is 8. The van der Waals surface area contributed by atoms with Crippen LogP contribution in [0.4, 0.5) is 27.6 Å². The zero-order valence-corrected chi connectivity index (χ0v) is 17.2. The Labute approximate surface area is 184 Å². The number of nitrogens with one attached hydrogen (secondary N) is 1. The molecule has 2 aromatic carbocycles. The van der Waals surface area contributed by atoms with Crippen LogP contribution in [0.1, 0.15) is 17.5 Å². The molecule has 0 bridgehead atoms. The van der Waals surface area contributed by atoms with Crippen molar-refractivity contribution in [3.05, 3.63) is 59.7 Å². The van der Waals surface area contributed by atoms with Gasteiger partial charge in [0, 0.05) is 19.0 Å². The number of halogens is 5.